The van der Waals surface area contributed by atoms with Crippen LogP contribution in [-0.4, -0.2) is 12.0 Å². The normalized spacial score (nSPS) is 10.4. The summed E-state index contributed by atoms with van der Waals surface area (Å²) in [5, 5.41) is 14.8. The van der Waals surface area contributed by atoms with Crippen molar-refractivity contribution in [3.05, 3.63) is 68.7 Å². The van der Waals surface area contributed by atoms with Crippen LogP contribution in [0.5, 0.6) is 5.75 Å². The second kappa shape index (κ2) is 7.06. The maximum Gasteiger partial charge on any atom is 0.273 e. The smallest absolute Gasteiger partial charge is 0.273 e. The van der Waals surface area contributed by atoms with Crippen LogP contribution in [0.4, 0.5) is 5.69 Å². The molecule has 1 N–H and O–H groups in total. The van der Waals surface area contributed by atoms with Gasteiger partial charge in [-0.2, -0.15) is 0 Å². The lowest BCUT2D eigenvalue weighted by molar-refractivity contribution is -0.385. The van der Waals surface area contributed by atoms with Crippen LogP contribution in [0.25, 0.3) is 0 Å². The van der Waals surface area contributed by atoms with E-state index in [0.29, 0.717) is 23.9 Å². The van der Waals surface area contributed by atoms with Crippen LogP contribution >= 0.6 is 11.6 Å². The van der Waals surface area contributed by atoms with Crippen LogP contribution in [0.2, 0.25) is 5.02 Å². The zero-order valence-electron chi connectivity index (χ0n) is 11.5. The molecule has 0 fully saturated rings. The summed E-state index contributed by atoms with van der Waals surface area (Å²) in [4.78, 5) is 10.4. The molecule has 21 heavy (non-hydrogen) atoms. The van der Waals surface area contributed by atoms with Crippen molar-refractivity contribution in [1.82, 2.24) is 5.32 Å². The quantitative estimate of drug-likeness (QED) is 0.655. The molecule has 0 heterocycles. The Morgan fingerprint density at radius 1 is 1.14 bits per heavy atom. The van der Waals surface area contributed by atoms with E-state index in [-0.39, 0.29) is 5.69 Å². The molecule has 0 aliphatic heterocycles. The Morgan fingerprint density at radius 2 is 1.81 bits per heavy atom. The lowest BCUT2D eigenvalue weighted by atomic mass is 10.1. The molecule has 0 spiro atoms. The van der Waals surface area contributed by atoms with E-state index in [1.54, 1.807) is 6.07 Å². The molecule has 0 aromatic heterocycles. The second-order valence-corrected chi connectivity index (χ2v) is 4.96. The summed E-state index contributed by atoms with van der Waals surface area (Å²) in [5.74, 6) is 0.479. The number of ether oxygens (including phenoxy) is 1. The summed E-state index contributed by atoms with van der Waals surface area (Å²) in [5.41, 5.74) is 1.92. The lowest BCUT2D eigenvalue weighted by Crippen LogP contribution is -2.12. The van der Waals surface area contributed by atoms with Crippen molar-refractivity contribution < 1.29 is 9.66 Å². The Balaban J connectivity index is 2.00. The van der Waals surface area contributed by atoms with Gasteiger partial charge in [-0.3, -0.25) is 10.1 Å². The van der Waals surface area contributed by atoms with Crippen molar-refractivity contribution in [3.63, 3.8) is 0 Å². The van der Waals surface area contributed by atoms with E-state index in [1.165, 1.54) is 19.2 Å². The molecule has 0 bridgehead atoms. The van der Waals surface area contributed by atoms with E-state index in [9.17, 15) is 10.1 Å². The zero-order chi connectivity index (χ0) is 15.2. The standard InChI is InChI=1S/C15H15ClN2O3/c1-21-15-7-12(6-14(8-15)18(19)20)10-17-9-11-2-4-13(16)5-3-11/h2-8,17H,9-10H2,1H3. The Hall–Kier alpha value is -2.11. The number of nitrogens with one attached hydrogen (secondary N) is 1. The van der Waals surface area contributed by atoms with Crippen molar-refractivity contribution in [2.24, 2.45) is 0 Å². The van der Waals surface area contributed by atoms with Crippen LogP contribution in [0.1, 0.15) is 11.1 Å². The Kier molecular flexibility index (Phi) is 5.14. The van der Waals surface area contributed by atoms with Gasteiger partial charge in [0.1, 0.15) is 5.75 Å². The SMILES string of the molecule is COc1cc(CNCc2ccc(Cl)cc2)cc([N+](=O)[O-])c1. The van der Waals surface area contributed by atoms with E-state index >= 15 is 0 Å². The highest BCUT2D eigenvalue weighted by Crippen LogP contribution is 2.22. The third-order valence-electron chi connectivity index (χ3n) is 2.97. The molecule has 0 aliphatic carbocycles. The number of nitro benzene ring substituents is 1. The van der Waals surface area contributed by atoms with Gasteiger partial charge in [0.05, 0.1) is 18.1 Å². The van der Waals surface area contributed by atoms with Crippen molar-refractivity contribution >= 4 is 17.3 Å². The van der Waals surface area contributed by atoms with Crippen LogP contribution < -0.4 is 10.1 Å². The number of non-ortho nitro benzene ring substituents is 1. The van der Waals surface area contributed by atoms with E-state index in [4.69, 9.17) is 16.3 Å². The first-order valence-electron chi connectivity index (χ1n) is 6.36. The van der Waals surface area contributed by atoms with Gasteiger partial charge in [-0.15, -0.1) is 0 Å². The summed E-state index contributed by atoms with van der Waals surface area (Å²) >= 11 is 5.82. The summed E-state index contributed by atoms with van der Waals surface area (Å²) in [6, 6.07) is 12.2. The Bertz CT molecular complexity index is 629. The number of nitrogens with zero attached hydrogens (tertiary/aromatic N) is 1. The second-order valence-electron chi connectivity index (χ2n) is 4.53. The number of hydrogen-bond donors (Lipinski definition) is 1. The minimum atomic E-state index is -0.425. The highest BCUT2D eigenvalue weighted by molar-refractivity contribution is 6.30. The highest BCUT2D eigenvalue weighted by atomic mass is 35.5. The molecule has 5 nitrogen and oxygen atoms in total. The zero-order valence-corrected chi connectivity index (χ0v) is 12.3. The molecule has 0 unspecified atom stereocenters. The molecule has 0 amide bonds. The number of halogens is 1. The van der Waals surface area contributed by atoms with E-state index < -0.39 is 4.92 Å². The first kappa shape index (κ1) is 15.3. The molecular formula is C15H15ClN2O3. The van der Waals surface area contributed by atoms with Gasteiger partial charge in [-0.05, 0) is 29.3 Å². The first-order valence-corrected chi connectivity index (χ1v) is 6.74. The van der Waals surface area contributed by atoms with Gasteiger partial charge in [0.2, 0.25) is 0 Å². The summed E-state index contributed by atoms with van der Waals surface area (Å²) < 4.78 is 5.08. The average molecular weight is 307 g/mol. The molecule has 6 heteroatoms. The third-order valence-corrected chi connectivity index (χ3v) is 3.22. The third kappa shape index (κ3) is 4.44. The number of nitro groups is 1. The van der Waals surface area contributed by atoms with Crippen molar-refractivity contribution in [3.8, 4) is 5.75 Å². The number of hydrogen-bond acceptors (Lipinski definition) is 4. The fourth-order valence-electron chi connectivity index (χ4n) is 1.92. The summed E-state index contributed by atoms with van der Waals surface area (Å²) in [7, 11) is 1.49. The van der Waals surface area contributed by atoms with Gasteiger partial charge in [-0.25, -0.2) is 0 Å². The number of methoxy groups -OCH3 is 1. The molecule has 110 valence electrons. The fraction of sp³-hybridized carbons (Fsp3) is 0.200. The molecule has 0 saturated heterocycles. The van der Waals surface area contributed by atoms with Gasteiger partial charge in [-0.1, -0.05) is 23.7 Å². The number of rotatable bonds is 6. The van der Waals surface area contributed by atoms with E-state index in [1.807, 2.05) is 24.3 Å². The minimum absolute atomic E-state index is 0.0256. The van der Waals surface area contributed by atoms with Crippen molar-refractivity contribution in [1.29, 1.82) is 0 Å². The minimum Gasteiger partial charge on any atom is -0.496 e. The summed E-state index contributed by atoms with van der Waals surface area (Å²) in [6.07, 6.45) is 0. The number of benzene rings is 2. The van der Waals surface area contributed by atoms with Gasteiger partial charge in [0.25, 0.3) is 5.69 Å². The predicted molar refractivity (Wildman–Crippen MR) is 81.6 cm³/mol. The van der Waals surface area contributed by atoms with Crippen LogP contribution in [0, 0.1) is 10.1 Å². The maximum atomic E-state index is 10.9. The maximum absolute atomic E-state index is 10.9. The molecule has 0 aliphatic rings. The Labute approximate surface area is 127 Å². The molecule has 0 saturated carbocycles. The monoisotopic (exact) mass is 306 g/mol. The van der Waals surface area contributed by atoms with Crippen LogP contribution in [0.3, 0.4) is 0 Å². The van der Waals surface area contributed by atoms with Crippen LogP contribution in [-0.2, 0) is 13.1 Å². The predicted octanol–water partition coefficient (Wildman–Crippen LogP) is 3.55. The van der Waals surface area contributed by atoms with Crippen LogP contribution in [0.15, 0.2) is 42.5 Å². The molecule has 2 aromatic rings. The summed E-state index contributed by atoms with van der Waals surface area (Å²) in [6.45, 7) is 1.17. The molecule has 2 rings (SSSR count). The van der Waals surface area contributed by atoms with E-state index in [0.717, 1.165) is 11.1 Å². The Morgan fingerprint density at radius 3 is 2.43 bits per heavy atom. The van der Waals surface area contributed by atoms with Gasteiger partial charge in [0, 0.05) is 24.2 Å². The highest BCUT2D eigenvalue weighted by Gasteiger charge is 2.09. The van der Waals surface area contributed by atoms with E-state index in [2.05, 4.69) is 5.32 Å². The molecule has 0 radical (unpaired) electrons. The van der Waals surface area contributed by atoms with Gasteiger partial charge >= 0.3 is 0 Å². The van der Waals surface area contributed by atoms with Gasteiger partial charge in [0.15, 0.2) is 0 Å². The topological polar surface area (TPSA) is 64.4 Å². The molecule has 0 atom stereocenters. The molecular weight excluding hydrogens is 292 g/mol. The fourth-order valence-corrected chi connectivity index (χ4v) is 2.05. The van der Waals surface area contributed by atoms with Gasteiger partial charge < -0.3 is 10.1 Å². The first-order chi connectivity index (χ1) is 10.1. The average Bonchev–Trinajstić information content (AvgIpc) is 2.49. The largest absolute Gasteiger partial charge is 0.496 e. The van der Waals surface area contributed by atoms with Crippen molar-refractivity contribution in [2.45, 2.75) is 13.1 Å². The molecule has 2 aromatic carbocycles. The lowest BCUT2D eigenvalue weighted by Gasteiger charge is -2.07. The van der Waals surface area contributed by atoms with Crippen molar-refractivity contribution in [2.75, 3.05) is 7.11 Å².